The van der Waals surface area contributed by atoms with Crippen LogP contribution in [-0.2, 0) is 4.74 Å². The quantitative estimate of drug-likeness (QED) is 0.705. The number of ether oxygens (including phenoxy) is 3. The van der Waals surface area contributed by atoms with E-state index in [1.807, 2.05) is 35.2 Å². The van der Waals surface area contributed by atoms with Gasteiger partial charge in [0, 0.05) is 26.3 Å². The van der Waals surface area contributed by atoms with E-state index < -0.39 is 0 Å². The lowest BCUT2D eigenvalue weighted by atomic mass is 9.98. The van der Waals surface area contributed by atoms with Crippen molar-refractivity contribution < 1.29 is 19.0 Å². The number of rotatable bonds is 8. The number of anilines is 1. The van der Waals surface area contributed by atoms with Gasteiger partial charge in [0.05, 0.1) is 25.1 Å². The summed E-state index contributed by atoms with van der Waals surface area (Å²) in [7, 11) is 1.62. The summed E-state index contributed by atoms with van der Waals surface area (Å²) in [5.74, 6) is 1.87. The van der Waals surface area contributed by atoms with E-state index in [2.05, 4.69) is 10.3 Å². The van der Waals surface area contributed by atoms with E-state index >= 15 is 0 Å². The molecule has 150 valence electrons. The minimum Gasteiger partial charge on any atom is -0.493 e. The average molecular weight is 385 g/mol. The average Bonchev–Trinajstić information content (AvgIpc) is 2.75. The van der Waals surface area contributed by atoms with Crippen LogP contribution >= 0.6 is 0 Å². The van der Waals surface area contributed by atoms with Crippen LogP contribution < -0.4 is 14.8 Å². The van der Waals surface area contributed by atoms with E-state index in [-0.39, 0.29) is 6.03 Å². The molecule has 0 unspecified atom stereocenters. The first-order valence-corrected chi connectivity index (χ1v) is 9.56. The number of urea groups is 1. The number of benzene rings is 1. The van der Waals surface area contributed by atoms with Crippen molar-refractivity contribution in [3.63, 3.8) is 0 Å². The van der Waals surface area contributed by atoms with Crippen molar-refractivity contribution in [3.8, 4) is 11.6 Å². The summed E-state index contributed by atoms with van der Waals surface area (Å²) in [4.78, 5) is 18.5. The molecule has 0 bridgehead atoms. The number of nitrogens with zero attached hydrogens (tertiary/aromatic N) is 2. The third kappa shape index (κ3) is 6.13. The third-order valence-corrected chi connectivity index (χ3v) is 4.66. The topological polar surface area (TPSA) is 72.9 Å². The van der Waals surface area contributed by atoms with Crippen molar-refractivity contribution in [3.05, 3.63) is 48.7 Å². The molecule has 1 aliphatic heterocycles. The van der Waals surface area contributed by atoms with E-state index in [9.17, 15) is 4.79 Å². The molecule has 1 fully saturated rings. The number of nitrogens with one attached hydrogen (secondary N) is 1. The molecule has 7 heteroatoms. The molecule has 0 spiro atoms. The van der Waals surface area contributed by atoms with Gasteiger partial charge in [-0.05, 0) is 37.0 Å². The van der Waals surface area contributed by atoms with Crippen LogP contribution in [-0.4, -0.2) is 55.9 Å². The number of pyridine rings is 1. The van der Waals surface area contributed by atoms with Crippen LogP contribution in [0.1, 0.15) is 12.8 Å². The molecule has 2 heterocycles. The zero-order valence-corrected chi connectivity index (χ0v) is 16.2. The molecule has 1 aliphatic rings. The van der Waals surface area contributed by atoms with Crippen LogP contribution in [0.15, 0.2) is 48.7 Å². The Labute approximate surface area is 165 Å². The summed E-state index contributed by atoms with van der Waals surface area (Å²) in [5.41, 5.74) is 0.652. The van der Waals surface area contributed by atoms with Gasteiger partial charge in [-0.25, -0.2) is 9.78 Å². The Bertz CT molecular complexity index is 716. The number of hydrogen-bond donors (Lipinski definition) is 1. The standard InChI is InChI=1S/C21H27N3O4/c1-26-13-14-27-20-8-7-18(15-22-20)23-21(25)24-11-9-17(10-12-24)16-28-19-5-3-2-4-6-19/h2-8,15,17H,9-14,16H2,1H3,(H,23,25). The molecule has 2 amide bonds. The fourth-order valence-corrected chi connectivity index (χ4v) is 3.01. The number of para-hydroxylation sites is 1. The molecule has 0 radical (unpaired) electrons. The Hall–Kier alpha value is -2.80. The molecule has 2 aromatic rings. The predicted octanol–water partition coefficient (Wildman–Crippen LogP) is 3.43. The van der Waals surface area contributed by atoms with Gasteiger partial charge in [0.2, 0.25) is 5.88 Å². The maximum absolute atomic E-state index is 12.5. The molecule has 28 heavy (non-hydrogen) atoms. The number of piperidine rings is 1. The van der Waals surface area contributed by atoms with Crippen molar-refractivity contribution in [2.75, 3.05) is 45.3 Å². The molecule has 1 saturated heterocycles. The number of hydrogen-bond acceptors (Lipinski definition) is 5. The van der Waals surface area contributed by atoms with Crippen LogP contribution in [0.25, 0.3) is 0 Å². The lowest BCUT2D eigenvalue weighted by molar-refractivity contribution is 0.144. The minimum absolute atomic E-state index is 0.0997. The van der Waals surface area contributed by atoms with Crippen molar-refractivity contribution in [2.24, 2.45) is 5.92 Å². The van der Waals surface area contributed by atoms with Gasteiger partial charge >= 0.3 is 6.03 Å². The normalized spacial score (nSPS) is 14.5. The second kappa shape index (κ2) is 10.5. The van der Waals surface area contributed by atoms with Gasteiger partial charge in [0.1, 0.15) is 12.4 Å². The highest BCUT2D eigenvalue weighted by atomic mass is 16.5. The first-order chi connectivity index (χ1) is 13.7. The fraction of sp³-hybridized carbons (Fsp3) is 0.429. The Balaban J connectivity index is 1.38. The molecule has 3 rings (SSSR count). The first kappa shape index (κ1) is 19.9. The van der Waals surface area contributed by atoms with E-state index in [1.165, 1.54) is 0 Å². The van der Waals surface area contributed by atoms with E-state index in [1.54, 1.807) is 25.4 Å². The van der Waals surface area contributed by atoms with Crippen LogP contribution in [0.4, 0.5) is 10.5 Å². The highest BCUT2D eigenvalue weighted by molar-refractivity contribution is 5.89. The lowest BCUT2D eigenvalue weighted by Crippen LogP contribution is -2.42. The summed E-state index contributed by atoms with van der Waals surface area (Å²) in [5, 5.41) is 2.89. The summed E-state index contributed by atoms with van der Waals surface area (Å²) in [6.45, 7) is 3.08. The molecule has 1 aromatic carbocycles. The number of likely N-dealkylation sites (tertiary alicyclic amines) is 1. The number of carbonyl (C=O) groups is 1. The molecule has 1 N–H and O–H groups in total. The van der Waals surface area contributed by atoms with Crippen molar-refractivity contribution >= 4 is 11.7 Å². The second-order valence-corrected chi connectivity index (χ2v) is 6.71. The Kier molecular flexibility index (Phi) is 7.49. The predicted molar refractivity (Wildman–Crippen MR) is 107 cm³/mol. The van der Waals surface area contributed by atoms with Crippen LogP contribution in [0.3, 0.4) is 0 Å². The molecule has 0 aliphatic carbocycles. The van der Waals surface area contributed by atoms with Crippen LogP contribution in [0, 0.1) is 5.92 Å². The summed E-state index contributed by atoms with van der Waals surface area (Å²) in [6.07, 6.45) is 3.47. The van der Waals surface area contributed by atoms with E-state index in [0.29, 0.717) is 37.3 Å². The smallest absolute Gasteiger partial charge is 0.321 e. The molecule has 0 atom stereocenters. The van der Waals surface area contributed by atoms with Gasteiger partial charge < -0.3 is 24.4 Å². The maximum Gasteiger partial charge on any atom is 0.321 e. The molecule has 0 saturated carbocycles. The highest BCUT2D eigenvalue weighted by Crippen LogP contribution is 2.20. The van der Waals surface area contributed by atoms with Gasteiger partial charge in [0.15, 0.2) is 0 Å². The van der Waals surface area contributed by atoms with E-state index in [0.717, 1.165) is 31.7 Å². The minimum atomic E-state index is -0.0997. The maximum atomic E-state index is 12.5. The first-order valence-electron chi connectivity index (χ1n) is 9.56. The number of methoxy groups -OCH3 is 1. The van der Waals surface area contributed by atoms with Gasteiger partial charge in [-0.3, -0.25) is 0 Å². The summed E-state index contributed by atoms with van der Waals surface area (Å²) in [6, 6.07) is 13.3. The molecular weight excluding hydrogens is 358 g/mol. The van der Waals surface area contributed by atoms with Crippen molar-refractivity contribution in [1.29, 1.82) is 0 Å². The van der Waals surface area contributed by atoms with Gasteiger partial charge in [-0.1, -0.05) is 18.2 Å². The monoisotopic (exact) mass is 385 g/mol. The zero-order chi connectivity index (χ0) is 19.6. The second-order valence-electron chi connectivity index (χ2n) is 6.71. The zero-order valence-electron chi connectivity index (χ0n) is 16.2. The molecule has 7 nitrogen and oxygen atoms in total. The third-order valence-electron chi connectivity index (χ3n) is 4.66. The van der Waals surface area contributed by atoms with E-state index in [4.69, 9.17) is 14.2 Å². The Morgan fingerprint density at radius 2 is 1.89 bits per heavy atom. The largest absolute Gasteiger partial charge is 0.493 e. The van der Waals surface area contributed by atoms with Crippen molar-refractivity contribution in [1.82, 2.24) is 9.88 Å². The van der Waals surface area contributed by atoms with Gasteiger partial charge in [0.25, 0.3) is 0 Å². The molecule has 1 aromatic heterocycles. The Morgan fingerprint density at radius 1 is 1.11 bits per heavy atom. The lowest BCUT2D eigenvalue weighted by Gasteiger charge is -2.31. The summed E-state index contributed by atoms with van der Waals surface area (Å²) >= 11 is 0. The van der Waals surface area contributed by atoms with Gasteiger partial charge in [-0.15, -0.1) is 0 Å². The van der Waals surface area contributed by atoms with Gasteiger partial charge in [-0.2, -0.15) is 0 Å². The van der Waals surface area contributed by atoms with Crippen LogP contribution in [0.2, 0.25) is 0 Å². The number of aromatic nitrogens is 1. The highest BCUT2D eigenvalue weighted by Gasteiger charge is 2.23. The fourth-order valence-electron chi connectivity index (χ4n) is 3.01. The summed E-state index contributed by atoms with van der Waals surface area (Å²) < 4.78 is 16.2. The number of carbonyl (C=O) groups excluding carboxylic acids is 1. The van der Waals surface area contributed by atoms with Crippen molar-refractivity contribution in [2.45, 2.75) is 12.8 Å². The SMILES string of the molecule is COCCOc1ccc(NC(=O)N2CCC(COc3ccccc3)CC2)cn1. The number of amides is 2. The molecular formula is C21H27N3O4. The Morgan fingerprint density at radius 3 is 2.57 bits per heavy atom. The van der Waals surface area contributed by atoms with Crippen LogP contribution in [0.5, 0.6) is 11.6 Å².